The summed E-state index contributed by atoms with van der Waals surface area (Å²) in [6.07, 6.45) is 3.92. The predicted molar refractivity (Wildman–Crippen MR) is 67.3 cm³/mol. The van der Waals surface area contributed by atoms with Crippen LogP contribution in [0, 0.1) is 5.92 Å². The maximum atomic E-state index is 12.0. The summed E-state index contributed by atoms with van der Waals surface area (Å²) in [5.74, 6) is -1.41. The van der Waals surface area contributed by atoms with Crippen molar-refractivity contribution in [3.63, 3.8) is 0 Å². The van der Waals surface area contributed by atoms with E-state index >= 15 is 0 Å². The van der Waals surface area contributed by atoms with E-state index in [9.17, 15) is 14.4 Å². The molecule has 3 unspecified atom stereocenters. The van der Waals surface area contributed by atoms with E-state index in [1.54, 1.807) is 0 Å². The number of amides is 2. The summed E-state index contributed by atoms with van der Waals surface area (Å²) in [5.41, 5.74) is 0. The van der Waals surface area contributed by atoms with Crippen LogP contribution in [0.2, 0.25) is 0 Å². The highest BCUT2D eigenvalue weighted by Gasteiger charge is 2.35. The predicted octanol–water partition coefficient (Wildman–Crippen LogP) is 0.367. The van der Waals surface area contributed by atoms with Crippen molar-refractivity contribution in [3.05, 3.63) is 0 Å². The van der Waals surface area contributed by atoms with Crippen molar-refractivity contribution in [2.45, 2.75) is 50.6 Å². The smallest absolute Gasteiger partial charge is 0.306 e. The molecular formula is C13H20N2O4. The minimum absolute atomic E-state index is 0.0606. The molecular weight excluding hydrogens is 248 g/mol. The number of carbonyl (C=O) groups excluding carboxylic acids is 2. The number of hydrogen-bond acceptors (Lipinski definition) is 4. The summed E-state index contributed by atoms with van der Waals surface area (Å²) in [5, 5.41) is 12.3. The van der Waals surface area contributed by atoms with Gasteiger partial charge in [0.1, 0.15) is 0 Å². The fourth-order valence-electron chi connectivity index (χ4n) is 2.92. The molecule has 1 aliphatic carbocycles. The van der Waals surface area contributed by atoms with Crippen molar-refractivity contribution in [1.82, 2.24) is 10.2 Å². The van der Waals surface area contributed by atoms with Gasteiger partial charge < -0.3 is 10.4 Å². The second-order valence-electron chi connectivity index (χ2n) is 5.45. The Morgan fingerprint density at radius 3 is 2.74 bits per heavy atom. The van der Waals surface area contributed by atoms with Crippen LogP contribution >= 0.6 is 0 Å². The summed E-state index contributed by atoms with van der Waals surface area (Å²) < 4.78 is 0. The molecule has 1 heterocycles. The molecule has 6 nitrogen and oxygen atoms in total. The lowest BCUT2D eigenvalue weighted by Gasteiger charge is -2.34. The molecule has 0 aromatic rings. The molecule has 0 aromatic heterocycles. The number of likely N-dealkylation sites (N-methyl/N-ethyl adjacent to an activating group) is 1. The van der Waals surface area contributed by atoms with Gasteiger partial charge in [-0.05, 0) is 25.7 Å². The van der Waals surface area contributed by atoms with Crippen LogP contribution in [0.25, 0.3) is 0 Å². The highest BCUT2D eigenvalue weighted by molar-refractivity contribution is 6.00. The number of imide groups is 1. The van der Waals surface area contributed by atoms with Crippen molar-refractivity contribution in [2.75, 3.05) is 7.05 Å². The van der Waals surface area contributed by atoms with Crippen LogP contribution in [0.3, 0.4) is 0 Å². The van der Waals surface area contributed by atoms with E-state index in [0.717, 1.165) is 12.8 Å². The first kappa shape index (κ1) is 14.0. The van der Waals surface area contributed by atoms with Gasteiger partial charge in [0.25, 0.3) is 0 Å². The first-order valence-electron chi connectivity index (χ1n) is 6.78. The van der Waals surface area contributed by atoms with Crippen molar-refractivity contribution in [2.24, 2.45) is 5.92 Å². The van der Waals surface area contributed by atoms with Crippen LogP contribution < -0.4 is 5.32 Å². The van der Waals surface area contributed by atoms with E-state index in [2.05, 4.69) is 5.32 Å². The molecule has 3 atom stereocenters. The molecule has 0 bridgehead atoms. The van der Waals surface area contributed by atoms with Crippen LogP contribution in [-0.2, 0) is 14.4 Å². The van der Waals surface area contributed by atoms with Crippen molar-refractivity contribution >= 4 is 17.8 Å². The van der Waals surface area contributed by atoms with E-state index in [0.29, 0.717) is 25.7 Å². The molecule has 0 aromatic carbocycles. The number of nitrogens with one attached hydrogen (secondary N) is 1. The molecule has 1 saturated heterocycles. The standard InChI is InChI=1S/C13H20N2O4/c1-15-11(16)6-5-10(12(15)17)14-9-4-2-3-8(7-9)13(18)19/h8-10,14H,2-7H2,1H3,(H,18,19). The molecule has 6 heteroatoms. The zero-order chi connectivity index (χ0) is 14.0. The average Bonchev–Trinajstić information content (AvgIpc) is 2.40. The average molecular weight is 268 g/mol. The van der Waals surface area contributed by atoms with E-state index in [-0.39, 0.29) is 29.8 Å². The molecule has 106 valence electrons. The quantitative estimate of drug-likeness (QED) is 0.722. The highest BCUT2D eigenvalue weighted by Crippen LogP contribution is 2.25. The van der Waals surface area contributed by atoms with Crippen LogP contribution in [0.15, 0.2) is 0 Å². The minimum Gasteiger partial charge on any atom is -0.481 e. The van der Waals surface area contributed by atoms with Crippen LogP contribution in [-0.4, -0.2) is 46.9 Å². The van der Waals surface area contributed by atoms with Crippen molar-refractivity contribution in [3.8, 4) is 0 Å². The van der Waals surface area contributed by atoms with E-state index < -0.39 is 5.97 Å². The number of hydrogen-bond donors (Lipinski definition) is 2. The summed E-state index contributed by atoms with van der Waals surface area (Å²) in [6, 6.07) is -0.286. The molecule has 2 rings (SSSR count). The Balaban J connectivity index is 1.92. The number of carboxylic acids is 1. The molecule has 2 amide bonds. The largest absolute Gasteiger partial charge is 0.481 e. The molecule has 0 spiro atoms. The van der Waals surface area contributed by atoms with Crippen LogP contribution in [0.4, 0.5) is 0 Å². The Morgan fingerprint density at radius 1 is 1.32 bits per heavy atom. The van der Waals surface area contributed by atoms with E-state index in [1.165, 1.54) is 11.9 Å². The lowest BCUT2D eigenvalue weighted by atomic mass is 9.85. The third-order valence-corrected chi connectivity index (χ3v) is 4.11. The van der Waals surface area contributed by atoms with Gasteiger partial charge in [0.15, 0.2) is 0 Å². The fraction of sp³-hybridized carbons (Fsp3) is 0.769. The molecule has 0 radical (unpaired) electrons. The Labute approximate surface area is 112 Å². The number of aliphatic carboxylic acids is 1. The topological polar surface area (TPSA) is 86.7 Å². The third kappa shape index (κ3) is 3.12. The number of carboxylic acid groups (broad SMARTS) is 1. The summed E-state index contributed by atoms with van der Waals surface area (Å²) in [7, 11) is 1.50. The second-order valence-corrected chi connectivity index (χ2v) is 5.45. The lowest BCUT2D eigenvalue weighted by molar-refractivity contribution is -0.148. The number of likely N-dealkylation sites (tertiary alicyclic amines) is 1. The molecule has 1 saturated carbocycles. The first-order valence-corrected chi connectivity index (χ1v) is 6.78. The third-order valence-electron chi connectivity index (χ3n) is 4.11. The number of piperidine rings is 1. The Bertz CT molecular complexity index is 396. The van der Waals surface area contributed by atoms with Gasteiger partial charge in [-0.2, -0.15) is 0 Å². The van der Waals surface area contributed by atoms with Gasteiger partial charge in [0, 0.05) is 19.5 Å². The molecule has 2 aliphatic rings. The van der Waals surface area contributed by atoms with Gasteiger partial charge in [-0.15, -0.1) is 0 Å². The molecule has 2 N–H and O–H groups in total. The molecule has 1 aliphatic heterocycles. The zero-order valence-corrected chi connectivity index (χ0v) is 11.1. The van der Waals surface area contributed by atoms with Gasteiger partial charge in [-0.25, -0.2) is 0 Å². The van der Waals surface area contributed by atoms with Crippen LogP contribution in [0.1, 0.15) is 38.5 Å². The number of nitrogens with zero attached hydrogens (tertiary/aromatic N) is 1. The maximum Gasteiger partial charge on any atom is 0.306 e. The van der Waals surface area contributed by atoms with Gasteiger partial charge in [-0.3, -0.25) is 19.3 Å². The fourth-order valence-corrected chi connectivity index (χ4v) is 2.92. The monoisotopic (exact) mass is 268 g/mol. The summed E-state index contributed by atoms with van der Waals surface area (Å²) in [4.78, 5) is 35.5. The number of rotatable bonds is 3. The van der Waals surface area contributed by atoms with E-state index in [1.807, 2.05) is 0 Å². The normalized spacial score (nSPS) is 32.5. The maximum absolute atomic E-state index is 12.0. The first-order chi connectivity index (χ1) is 8.99. The minimum atomic E-state index is -0.756. The van der Waals surface area contributed by atoms with Crippen molar-refractivity contribution < 1.29 is 19.5 Å². The Kier molecular flexibility index (Phi) is 4.19. The van der Waals surface area contributed by atoms with E-state index in [4.69, 9.17) is 5.11 Å². The summed E-state index contributed by atoms with van der Waals surface area (Å²) >= 11 is 0. The van der Waals surface area contributed by atoms with Crippen molar-refractivity contribution in [1.29, 1.82) is 0 Å². The zero-order valence-electron chi connectivity index (χ0n) is 11.1. The van der Waals surface area contributed by atoms with Gasteiger partial charge in [0.2, 0.25) is 11.8 Å². The lowest BCUT2D eigenvalue weighted by Crippen LogP contribution is -2.54. The SMILES string of the molecule is CN1C(=O)CCC(NC2CCCC(C(=O)O)C2)C1=O. The van der Waals surface area contributed by atoms with Crippen LogP contribution in [0.5, 0.6) is 0 Å². The molecule has 19 heavy (non-hydrogen) atoms. The van der Waals surface area contributed by atoms with Gasteiger partial charge in [-0.1, -0.05) is 6.42 Å². The Hall–Kier alpha value is -1.43. The highest BCUT2D eigenvalue weighted by atomic mass is 16.4. The second kappa shape index (κ2) is 5.69. The summed E-state index contributed by atoms with van der Waals surface area (Å²) in [6.45, 7) is 0. The Morgan fingerprint density at radius 2 is 2.05 bits per heavy atom. The number of carbonyl (C=O) groups is 3. The molecule has 2 fully saturated rings. The van der Waals surface area contributed by atoms with Gasteiger partial charge >= 0.3 is 5.97 Å². The van der Waals surface area contributed by atoms with Gasteiger partial charge in [0.05, 0.1) is 12.0 Å².